The number of hydrogen-bond acceptors (Lipinski definition) is 5. The van der Waals surface area contributed by atoms with E-state index in [1.807, 2.05) is 0 Å². The van der Waals surface area contributed by atoms with E-state index in [1.54, 1.807) is 0 Å². The fourth-order valence-corrected chi connectivity index (χ4v) is 0.915. The first kappa shape index (κ1) is 8.95. The molecule has 1 rings (SSSR count). The van der Waals surface area contributed by atoms with Crippen molar-refractivity contribution in [2.24, 2.45) is 0 Å². The zero-order valence-electron chi connectivity index (χ0n) is 6.01. The number of aliphatic hydroxyl groups excluding tert-OH is 2. The van der Waals surface area contributed by atoms with Gasteiger partial charge in [-0.25, -0.2) is 9.59 Å². The van der Waals surface area contributed by atoms with E-state index in [1.165, 1.54) is 0 Å². The van der Waals surface area contributed by atoms with Crippen molar-refractivity contribution in [1.82, 2.24) is 0 Å². The van der Waals surface area contributed by atoms with Gasteiger partial charge in [0.25, 0.3) is 0 Å². The average molecular weight is 176 g/mol. The van der Waals surface area contributed by atoms with Gasteiger partial charge in [-0.3, -0.25) is 0 Å². The number of esters is 1. The van der Waals surface area contributed by atoms with Gasteiger partial charge in [-0.15, -0.1) is 0 Å². The van der Waals surface area contributed by atoms with Gasteiger partial charge in [-0.2, -0.15) is 0 Å². The lowest BCUT2D eigenvalue weighted by atomic mass is 10.0. The van der Waals surface area contributed by atoms with Crippen molar-refractivity contribution in [2.45, 2.75) is 24.7 Å². The summed E-state index contributed by atoms with van der Waals surface area (Å²) in [6, 6.07) is 0. The van der Waals surface area contributed by atoms with Gasteiger partial charge >= 0.3 is 11.9 Å². The average Bonchev–Trinajstić information content (AvgIpc) is 1.99. The molecule has 0 aromatic heterocycles. The second-order valence-corrected chi connectivity index (χ2v) is 2.51. The molecule has 0 saturated carbocycles. The molecule has 0 aliphatic carbocycles. The summed E-state index contributed by atoms with van der Waals surface area (Å²) in [4.78, 5) is 20.9. The minimum Gasteiger partial charge on any atom is -0.479 e. The molecule has 3 atom stereocenters. The molecule has 0 aromatic carbocycles. The van der Waals surface area contributed by atoms with Gasteiger partial charge in [-0.05, 0) is 0 Å². The molecule has 0 aromatic rings. The lowest BCUT2D eigenvalue weighted by Crippen LogP contribution is -2.47. The number of aliphatic carboxylic acids is 1. The van der Waals surface area contributed by atoms with Crippen molar-refractivity contribution < 1.29 is 29.6 Å². The van der Waals surface area contributed by atoms with Crippen LogP contribution in [0.3, 0.4) is 0 Å². The van der Waals surface area contributed by atoms with Gasteiger partial charge < -0.3 is 20.1 Å². The van der Waals surface area contributed by atoms with Gasteiger partial charge in [0.2, 0.25) is 6.10 Å². The van der Waals surface area contributed by atoms with E-state index in [-0.39, 0.29) is 6.42 Å². The minimum absolute atomic E-state index is 0.276. The van der Waals surface area contributed by atoms with Gasteiger partial charge in [0.1, 0.15) is 0 Å². The van der Waals surface area contributed by atoms with Crippen LogP contribution >= 0.6 is 0 Å². The third kappa shape index (κ3) is 1.54. The molecule has 1 aliphatic heterocycles. The summed E-state index contributed by atoms with van der Waals surface area (Å²) in [7, 11) is 0. The van der Waals surface area contributed by atoms with E-state index in [0.29, 0.717) is 0 Å². The van der Waals surface area contributed by atoms with Gasteiger partial charge in [0, 0.05) is 6.42 Å². The van der Waals surface area contributed by atoms with Crippen LogP contribution in [-0.2, 0) is 14.3 Å². The molecule has 3 N–H and O–H groups in total. The number of carboxylic acid groups (broad SMARTS) is 1. The Hall–Kier alpha value is -1.14. The minimum atomic E-state index is -1.62. The zero-order chi connectivity index (χ0) is 9.30. The van der Waals surface area contributed by atoms with Crippen molar-refractivity contribution in [3.8, 4) is 0 Å². The van der Waals surface area contributed by atoms with E-state index in [0.717, 1.165) is 0 Å². The summed E-state index contributed by atoms with van der Waals surface area (Å²) < 4.78 is 4.28. The van der Waals surface area contributed by atoms with Crippen molar-refractivity contribution in [3.05, 3.63) is 0 Å². The van der Waals surface area contributed by atoms with Crippen LogP contribution in [0.2, 0.25) is 0 Å². The molecule has 1 saturated heterocycles. The maximum absolute atomic E-state index is 10.6. The molecule has 0 bridgehead atoms. The van der Waals surface area contributed by atoms with Crippen molar-refractivity contribution in [2.75, 3.05) is 0 Å². The molecule has 6 heteroatoms. The largest absolute Gasteiger partial charge is 0.479 e. The van der Waals surface area contributed by atoms with Crippen LogP contribution in [-0.4, -0.2) is 45.6 Å². The molecule has 1 fully saturated rings. The van der Waals surface area contributed by atoms with Crippen LogP contribution in [0.5, 0.6) is 0 Å². The smallest absolute Gasteiger partial charge is 0.345 e. The van der Waals surface area contributed by atoms with E-state index in [9.17, 15) is 9.59 Å². The number of cyclic esters (lactones) is 1. The van der Waals surface area contributed by atoms with Crippen molar-refractivity contribution in [1.29, 1.82) is 0 Å². The fourth-order valence-electron chi connectivity index (χ4n) is 0.915. The Labute approximate surface area is 67.4 Å². The molecule has 1 heterocycles. The highest BCUT2D eigenvalue weighted by Gasteiger charge is 2.39. The van der Waals surface area contributed by atoms with E-state index in [2.05, 4.69) is 4.74 Å². The number of rotatable bonds is 1. The van der Waals surface area contributed by atoms with E-state index < -0.39 is 30.3 Å². The normalized spacial score (nSPS) is 35.8. The van der Waals surface area contributed by atoms with E-state index in [4.69, 9.17) is 15.3 Å². The quantitative estimate of drug-likeness (QED) is 0.403. The van der Waals surface area contributed by atoms with Crippen LogP contribution in [0.25, 0.3) is 0 Å². The van der Waals surface area contributed by atoms with Crippen molar-refractivity contribution >= 4 is 11.9 Å². The molecule has 6 nitrogen and oxygen atoms in total. The summed E-state index contributed by atoms with van der Waals surface area (Å²) in [6.45, 7) is 0. The van der Waals surface area contributed by atoms with Crippen LogP contribution in [0.1, 0.15) is 6.42 Å². The summed E-state index contributed by atoms with van der Waals surface area (Å²) in [5, 5.41) is 26.2. The number of ether oxygens (including phenoxy) is 1. The summed E-state index contributed by atoms with van der Waals surface area (Å²) >= 11 is 0. The maximum Gasteiger partial charge on any atom is 0.345 e. The standard InChI is InChI=1S/C6H8O6/c7-2-1-3(5(9)10)12-6(11)4(2)8/h2-4,7-8H,1H2,(H,9,10). The first-order chi connectivity index (χ1) is 5.52. The Morgan fingerprint density at radius 3 is 2.50 bits per heavy atom. The van der Waals surface area contributed by atoms with Crippen LogP contribution in [0.4, 0.5) is 0 Å². The number of carbonyl (C=O) groups is 2. The van der Waals surface area contributed by atoms with Crippen LogP contribution in [0.15, 0.2) is 0 Å². The molecule has 1 aliphatic rings. The second kappa shape index (κ2) is 3.08. The van der Waals surface area contributed by atoms with Crippen LogP contribution < -0.4 is 0 Å². The molecule has 68 valence electrons. The Morgan fingerprint density at radius 2 is 2.08 bits per heavy atom. The molecular weight excluding hydrogens is 168 g/mol. The highest BCUT2D eigenvalue weighted by molar-refractivity contribution is 5.82. The Balaban J connectivity index is 2.66. The molecule has 0 radical (unpaired) electrons. The summed E-state index contributed by atoms with van der Waals surface area (Å²) in [6.07, 6.45) is -4.61. The second-order valence-electron chi connectivity index (χ2n) is 2.51. The number of hydrogen-bond donors (Lipinski definition) is 3. The predicted octanol–water partition coefficient (Wildman–Crippen LogP) is -1.89. The van der Waals surface area contributed by atoms with E-state index >= 15 is 0 Å². The molecule has 0 amide bonds. The Bertz CT molecular complexity index is 212. The number of aliphatic hydroxyl groups is 2. The number of carbonyl (C=O) groups excluding carboxylic acids is 1. The molecule has 0 spiro atoms. The maximum atomic E-state index is 10.6. The molecular formula is C6H8O6. The third-order valence-corrected chi connectivity index (χ3v) is 1.60. The first-order valence-corrected chi connectivity index (χ1v) is 3.32. The predicted molar refractivity (Wildman–Crippen MR) is 34.1 cm³/mol. The van der Waals surface area contributed by atoms with Crippen LogP contribution in [0, 0.1) is 0 Å². The van der Waals surface area contributed by atoms with Gasteiger partial charge in [0.05, 0.1) is 6.10 Å². The summed E-state index contributed by atoms with van der Waals surface area (Å²) in [5.74, 6) is -2.42. The number of carboxylic acids is 1. The lowest BCUT2D eigenvalue weighted by Gasteiger charge is -2.26. The Kier molecular flexibility index (Phi) is 2.30. The Morgan fingerprint density at radius 1 is 1.50 bits per heavy atom. The molecule has 3 unspecified atom stereocenters. The highest BCUT2D eigenvalue weighted by Crippen LogP contribution is 2.15. The van der Waals surface area contributed by atoms with Crippen molar-refractivity contribution in [3.63, 3.8) is 0 Å². The summed E-state index contributed by atoms with van der Waals surface area (Å²) in [5.41, 5.74) is 0. The monoisotopic (exact) mass is 176 g/mol. The highest BCUT2D eigenvalue weighted by atomic mass is 16.6. The fraction of sp³-hybridized carbons (Fsp3) is 0.667. The topological polar surface area (TPSA) is 104 Å². The lowest BCUT2D eigenvalue weighted by molar-refractivity contribution is -0.187. The van der Waals surface area contributed by atoms with Gasteiger partial charge in [-0.1, -0.05) is 0 Å². The first-order valence-electron chi connectivity index (χ1n) is 3.32. The SMILES string of the molecule is O=C(O)C1CC(O)C(O)C(=O)O1. The third-order valence-electron chi connectivity index (χ3n) is 1.60. The zero-order valence-corrected chi connectivity index (χ0v) is 6.01. The van der Waals surface area contributed by atoms with Gasteiger partial charge in [0.15, 0.2) is 6.10 Å². The molecule has 12 heavy (non-hydrogen) atoms.